The van der Waals surface area contributed by atoms with Gasteiger partial charge in [-0.1, -0.05) is 42.1 Å². The zero-order valence-electron chi connectivity index (χ0n) is 18.1. The number of hydrogen-bond acceptors (Lipinski definition) is 9. The van der Waals surface area contributed by atoms with E-state index in [-0.39, 0.29) is 11.4 Å². The Hall–Kier alpha value is -4.88. The van der Waals surface area contributed by atoms with Crippen LogP contribution in [-0.4, -0.2) is 28.9 Å². The number of nitro groups is 1. The number of carbonyl (C=O) groups excluding carboxylic acids is 1. The fraction of sp³-hybridized carbons (Fsp3) is 0. The monoisotopic (exact) mass is 509 g/mol. The Morgan fingerprint density at radius 2 is 1.64 bits per heavy atom. The van der Waals surface area contributed by atoms with Gasteiger partial charge in [-0.15, -0.1) is 0 Å². The number of non-ortho nitro benzene ring substituents is 1. The van der Waals surface area contributed by atoms with Gasteiger partial charge in [-0.25, -0.2) is 0 Å². The van der Waals surface area contributed by atoms with E-state index in [4.69, 9.17) is 0 Å². The molecule has 5 N–H and O–H groups in total. The zero-order chi connectivity index (χ0) is 26.0. The summed E-state index contributed by atoms with van der Waals surface area (Å²) >= 11 is 0. The summed E-state index contributed by atoms with van der Waals surface area (Å²) in [6, 6.07) is 17.5. The van der Waals surface area contributed by atoms with Crippen molar-refractivity contribution in [2.75, 3.05) is 16.2 Å². The quantitative estimate of drug-likeness (QED) is 0.107. The molecule has 0 heterocycles. The fourth-order valence-electron chi connectivity index (χ4n) is 3.49. The molecule has 12 nitrogen and oxygen atoms in total. The Labute approximate surface area is 203 Å². The predicted molar refractivity (Wildman–Crippen MR) is 130 cm³/mol. The van der Waals surface area contributed by atoms with Crippen LogP contribution in [-0.2, 0) is 10.1 Å². The highest BCUT2D eigenvalue weighted by Crippen LogP contribution is 2.39. The summed E-state index contributed by atoms with van der Waals surface area (Å²) in [4.78, 5) is 21.8. The third-order valence-corrected chi connectivity index (χ3v) is 6.02. The molecule has 184 valence electrons. The summed E-state index contributed by atoms with van der Waals surface area (Å²) in [6.07, 6.45) is 0. The maximum absolute atomic E-state index is 12.7. The van der Waals surface area contributed by atoms with Gasteiger partial charge in [-0.2, -0.15) is 8.42 Å². The number of rotatable bonds is 7. The summed E-state index contributed by atoms with van der Waals surface area (Å²) < 4.78 is 32.4. The molecular weight excluding hydrogens is 492 g/mol. The van der Waals surface area contributed by atoms with E-state index in [1.54, 1.807) is 54.6 Å². The molecule has 0 bridgehead atoms. The lowest BCUT2D eigenvalue weighted by molar-refractivity contribution is -0.385. The maximum Gasteiger partial charge on any atom is 0.294 e. The van der Waals surface area contributed by atoms with E-state index in [1.807, 2.05) is 0 Å². The molecule has 0 spiro atoms. The molecule has 0 saturated carbocycles. The van der Waals surface area contributed by atoms with Gasteiger partial charge < -0.3 is 21.0 Å². The lowest BCUT2D eigenvalue weighted by atomic mass is 10.1. The van der Waals surface area contributed by atoms with Gasteiger partial charge in [0.05, 0.1) is 21.2 Å². The van der Waals surface area contributed by atoms with E-state index in [9.17, 15) is 38.1 Å². The second kappa shape index (κ2) is 9.40. The molecule has 36 heavy (non-hydrogen) atoms. The van der Waals surface area contributed by atoms with Crippen molar-refractivity contribution >= 4 is 49.5 Å². The van der Waals surface area contributed by atoms with Gasteiger partial charge in [0.15, 0.2) is 0 Å². The summed E-state index contributed by atoms with van der Waals surface area (Å²) in [5.41, 5.74) is 4.23. The molecule has 4 aromatic rings. The second-order valence-electron chi connectivity index (χ2n) is 7.49. The highest BCUT2D eigenvalue weighted by molar-refractivity contribution is 7.86. The Kier molecular flexibility index (Phi) is 6.33. The SMILES string of the molecule is O=C(Nc1cccc2ccc(O)c(NNc3cc([N+](=O)[O-])cc(S(=O)(=O)O)c3[O-])c12)c1ccccc1. The number of phenols is 1. The fourth-order valence-corrected chi connectivity index (χ4v) is 4.10. The normalized spacial score (nSPS) is 11.1. The van der Waals surface area contributed by atoms with Crippen molar-refractivity contribution in [1.29, 1.82) is 0 Å². The summed E-state index contributed by atoms with van der Waals surface area (Å²) in [7, 11) is -5.07. The summed E-state index contributed by atoms with van der Waals surface area (Å²) in [6.45, 7) is 0. The molecule has 4 rings (SSSR count). The highest BCUT2D eigenvalue weighted by atomic mass is 32.2. The van der Waals surface area contributed by atoms with Crippen LogP contribution in [0.25, 0.3) is 10.8 Å². The molecule has 0 aliphatic heterocycles. The minimum atomic E-state index is -5.07. The van der Waals surface area contributed by atoms with Crippen molar-refractivity contribution in [3.63, 3.8) is 0 Å². The minimum Gasteiger partial charge on any atom is -0.870 e. The Morgan fingerprint density at radius 1 is 0.917 bits per heavy atom. The van der Waals surface area contributed by atoms with Crippen LogP contribution in [0.15, 0.2) is 77.7 Å². The van der Waals surface area contributed by atoms with Crippen LogP contribution < -0.4 is 21.3 Å². The molecular formula is C23H17N4O8S-. The van der Waals surface area contributed by atoms with Gasteiger partial charge >= 0.3 is 0 Å². The molecule has 0 radical (unpaired) electrons. The third-order valence-electron chi connectivity index (χ3n) is 5.16. The van der Waals surface area contributed by atoms with E-state index in [2.05, 4.69) is 16.2 Å². The largest absolute Gasteiger partial charge is 0.870 e. The number of carbonyl (C=O) groups is 1. The van der Waals surface area contributed by atoms with E-state index in [0.29, 0.717) is 28.1 Å². The van der Waals surface area contributed by atoms with Crippen molar-refractivity contribution < 1.29 is 32.9 Å². The number of amides is 1. The molecule has 0 fully saturated rings. The minimum absolute atomic E-state index is 0.0178. The van der Waals surface area contributed by atoms with Crippen LogP contribution in [0.2, 0.25) is 0 Å². The molecule has 13 heteroatoms. The van der Waals surface area contributed by atoms with Crippen LogP contribution in [0.1, 0.15) is 10.4 Å². The Bertz CT molecular complexity index is 1610. The van der Waals surface area contributed by atoms with Crippen LogP contribution in [0.4, 0.5) is 22.7 Å². The zero-order valence-corrected chi connectivity index (χ0v) is 18.9. The van der Waals surface area contributed by atoms with Gasteiger partial charge in [0.2, 0.25) is 0 Å². The van der Waals surface area contributed by atoms with Crippen LogP contribution in [0.5, 0.6) is 11.5 Å². The molecule has 4 aromatic carbocycles. The molecule has 0 aliphatic rings. The number of anilines is 3. The van der Waals surface area contributed by atoms with Gasteiger partial charge in [0.1, 0.15) is 11.4 Å². The Morgan fingerprint density at radius 3 is 2.31 bits per heavy atom. The van der Waals surface area contributed by atoms with Gasteiger partial charge in [0, 0.05) is 23.1 Å². The first-order valence-electron chi connectivity index (χ1n) is 10.2. The van der Waals surface area contributed by atoms with E-state index < -0.39 is 43.0 Å². The summed E-state index contributed by atoms with van der Waals surface area (Å²) in [5.74, 6) is -1.99. The number of hydrazine groups is 1. The topological polar surface area (TPSA) is 194 Å². The van der Waals surface area contributed by atoms with Crippen LogP contribution in [0.3, 0.4) is 0 Å². The number of fused-ring (bicyclic) bond motifs is 1. The van der Waals surface area contributed by atoms with Crippen molar-refractivity contribution in [2.45, 2.75) is 4.90 Å². The second-order valence-corrected chi connectivity index (χ2v) is 8.88. The van der Waals surface area contributed by atoms with E-state index in [0.717, 1.165) is 6.07 Å². The molecule has 0 aliphatic carbocycles. The van der Waals surface area contributed by atoms with Crippen LogP contribution >= 0.6 is 0 Å². The van der Waals surface area contributed by atoms with Gasteiger partial charge in [-0.3, -0.25) is 24.9 Å². The number of aromatic hydroxyl groups is 1. The molecule has 0 unspecified atom stereocenters. The van der Waals surface area contributed by atoms with E-state index >= 15 is 0 Å². The Balaban J connectivity index is 1.76. The third kappa shape index (κ3) is 4.82. The van der Waals surface area contributed by atoms with E-state index in [1.165, 1.54) is 6.07 Å². The predicted octanol–water partition coefficient (Wildman–Crippen LogP) is 3.47. The molecule has 0 saturated heterocycles. The average Bonchev–Trinajstić information content (AvgIpc) is 2.84. The van der Waals surface area contributed by atoms with Crippen molar-refractivity contribution in [3.05, 3.63) is 88.5 Å². The number of nitro benzene ring substituents is 1. The average molecular weight is 509 g/mol. The first-order chi connectivity index (χ1) is 17.1. The van der Waals surface area contributed by atoms with Crippen molar-refractivity contribution in [3.8, 4) is 11.5 Å². The molecule has 1 amide bonds. The number of nitrogens with zero attached hydrogens (tertiary/aromatic N) is 1. The lowest BCUT2D eigenvalue weighted by Gasteiger charge is -2.21. The smallest absolute Gasteiger partial charge is 0.294 e. The number of hydrogen-bond donors (Lipinski definition) is 5. The highest BCUT2D eigenvalue weighted by Gasteiger charge is 2.20. The van der Waals surface area contributed by atoms with Crippen molar-refractivity contribution in [1.82, 2.24) is 0 Å². The summed E-state index contributed by atoms with van der Waals surface area (Å²) in [5, 5.41) is 37.9. The number of phenolic OH excluding ortho intramolecular Hbond substituents is 1. The molecule has 0 atom stereocenters. The van der Waals surface area contributed by atoms with Crippen LogP contribution in [0, 0.1) is 10.1 Å². The standard InChI is InChI=1S/C23H18N4O8S/c28-18-10-9-13-7-4-8-16(24-23(30)14-5-2-1-3-6-14)20(13)21(18)26-25-17-11-15(27(31)32)12-19(22(17)29)36(33,34)35/h1-12,25-26,28-29H,(H,24,30)(H,33,34,35)/p-1. The lowest BCUT2D eigenvalue weighted by Crippen LogP contribution is -2.15. The maximum atomic E-state index is 12.7. The van der Waals surface area contributed by atoms with Gasteiger partial charge in [-0.05, 0) is 29.7 Å². The molecule has 0 aromatic heterocycles. The first-order valence-corrected chi connectivity index (χ1v) is 11.6. The number of benzene rings is 4. The van der Waals surface area contributed by atoms with Crippen molar-refractivity contribution in [2.24, 2.45) is 0 Å². The first kappa shape index (κ1) is 24.3. The van der Waals surface area contributed by atoms with Gasteiger partial charge in [0.25, 0.3) is 21.7 Å². The number of nitrogens with one attached hydrogen (secondary N) is 3.